The molecular formula is C21H21N9O. The number of methoxy groups -OCH3 is 1. The van der Waals surface area contributed by atoms with Gasteiger partial charge in [-0.3, -0.25) is 4.68 Å². The van der Waals surface area contributed by atoms with Gasteiger partial charge >= 0.3 is 0 Å². The number of ether oxygens (including phenoxy) is 1. The van der Waals surface area contributed by atoms with Crippen molar-refractivity contribution in [3.63, 3.8) is 0 Å². The molecule has 0 aliphatic carbocycles. The fourth-order valence-electron chi connectivity index (χ4n) is 3.54. The zero-order valence-electron chi connectivity index (χ0n) is 17.6. The minimum Gasteiger partial charge on any atom is -0.497 e. The highest BCUT2D eigenvalue weighted by molar-refractivity contribution is 5.84. The van der Waals surface area contributed by atoms with E-state index in [4.69, 9.17) is 14.8 Å². The maximum Gasteiger partial charge on any atom is 0.218 e. The van der Waals surface area contributed by atoms with Gasteiger partial charge in [-0.05, 0) is 24.6 Å². The highest BCUT2D eigenvalue weighted by Crippen LogP contribution is 2.32. The molecule has 5 aromatic rings. The van der Waals surface area contributed by atoms with Crippen LogP contribution in [-0.2, 0) is 14.1 Å². The Morgan fingerprint density at radius 2 is 1.90 bits per heavy atom. The fourth-order valence-corrected chi connectivity index (χ4v) is 3.54. The van der Waals surface area contributed by atoms with Crippen molar-refractivity contribution in [2.75, 3.05) is 12.4 Å². The average Bonchev–Trinajstić information content (AvgIpc) is 3.47. The molecule has 10 nitrogen and oxygen atoms in total. The third kappa shape index (κ3) is 3.27. The number of fused-ring (bicyclic) bond motifs is 1. The molecule has 0 atom stereocenters. The number of nitrogens with zero attached hydrogens (tertiary/aromatic N) is 8. The van der Waals surface area contributed by atoms with E-state index in [-0.39, 0.29) is 0 Å². The summed E-state index contributed by atoms with van der Waals surface area (Å²) in [5.41, 5.74) is 3.70. The Balaban J connectivity index is 1.72. The van der Waals surface area contributed by atoms with E-state index in [1.165, 1.54) is 0 Å². The third-order valence-electron chi connectivity index (χ3n) is 5.11. The number of aromatic nitrogens is 8. The summed E-state index contributed by atoms with van der Waals surface area (Å²) in [5.74, 6) is 3.09. The number of pyridine rings is 1. The summed E-state index contributed by atoms with van der Waals surface area (Å²) in [4.78, 5) is 13.6. The number of hydrogen-bond acceptors (Lipinski definition) is 7. The highest BCUT2D eigenvalue weighted by Gasteiger charge is 2.19. The van der Waals surface area contributed by atoms with Gasteiger partial charge in [0.25, 0.3) is 0 Å². The summed E-state index contributed by atoms with van der Waals surface area (Å²) in [6.07, 6.45) is 9.15. The van der Waals surface area contributed by atoms with E-state index in [1.54, 1.807) is 30.3 Å². The largest absolute Gasteiger partial charge is 0.497 e. The Labute approximate surface area is 178 Å². The van der Waals surface area contributed by atoms with Gasteiger partial charge in [-0.2, -0.15) is 5.10 Å². The molecule has 5 rings (SSSR count). The first kappa shape index (κ1) is 18.8. The molecule has 0 aliphatic heterocycles. The van der Waals surface area contributed by atoms with Crippen LogP contribution in [0.3, 0.4) is 0 Å². The molecular weight excluding hydrogens is 394 g/mol. The summed E-state index contributed by atoms with van der Waals surface area (Å²) >= 11 is 0. The van der Waals surface area contributed by atoms with Crippen molar-refractivity contribution in [3.05, 3.63) is 54.7 Å². The summed E-state index contributed by atoms with van der Waals surface area (Å²) in [6.45, 7) is 2.04. The molecule has 0 fully saturated rings. The lowest BCUT2D eigenvalue weighted by atomic mass is 10.1. The first-order chi connectivity index (χ1) is 15.0. The summed E-state index contributed by atoms with van der Waals surface area (Å²) in [6, 6.07) is 5.59. The Morgan fingerprint density at radius 3 is 2.61 bits per heavy atom. The second-order valence-electron chi connectivity index (χ2n) is 7.19. The van der Waals surface area contributed by atoms with Gasteiger partial charge in [-0.1, -0.05) is 0 Å². The van der Waals surface area contributed by atoms with Crippen LogP contribution >= 0.6 is 0 Å². The second-order valence-corrected chi connectivity index (χ2v) is 7.19. The van der Waals surface area contributed by atoms with E-state index in [0.717, 1.165) is 22.3 Å². The number of imidazole rings is 1. The van der Waals surface area contributed by atoms with Crippen molar-refractivity contribution in [1.82, 2.24) is 38.9 Å². The average molecular weight is 415 g/mol. The summed E-state index contributed by atoms with van der Waals surface area (Å²) < 4.78 is 10.8. The monoisotopic (exact) mass is 415 g/mol. The molecule has 0 unspecified atom stereocenters. The van der Waals surface area contributed by atoms with Crippen molar-refractivity contribution < 1.29 is 4.74 Å². The SMILES string of the molecule is COc1ccnc(Nc2nc(-c3nccn3C)nn3cc(-c4ccn(C)n4)c(C)c23)c1. The smallest absolute Gasteiger partial charge is 0.218 e. The predicted molar refractivity (Wildman–Crippen MR) is 116 cm³/mol. The topological polar surface area (TPSA) is 100.0 Å². The van der Waals surface area contributed by atoms with Gasteiger partial charge in [0, 0.05) is 56.7 Å². The van der Waals surface area contributed by atoms with Gasteiger partial charge in [0.05, 0.1) is 12.8 Å². The fraction of sp³-hybridized carbons (Fsp3) is 0.190. The second kappa shape index (κ2) is 7.24. The Hall–Kier alpha value is -4.21. The van der Waals surface area contributed by atoms with Crippen molar-refractivity contribution >= 4 is 17.2 Å². The third-order valence-corrected chi connectivity index (χ3v) is 5.11. The summed E-state index contributed by atoms with van der Waals surface area (Å²) in [5, 5.41) is 12.6. The van der Waals surface area contributed by atoms with Crippen LogP contribution in [0.2, 0.25) is 0 Å². The van der Waals surface area contributed by atoms with Gasteiger partial charge < -0.3 is 14.6 Å². The molecule has 0 amide bonds. The van der Waals surface area contributed by atoms with E-state index in [2.05, 4.69) is 20.4 Å². The van der Waals surface area contributed by atoms with Gasteiger partial charge in [0.1, 0.15) is 17.1 Å². The van der Waals surface area contributed by atoms with Crippen molar-refractivity contribution in [1.29, 1.82) is 0 Å². The normalized spacial score (nSPS) is 11.2. The highest BCUT2D eigenvalue weighted by atomic mass is 16.5. The van der Waals surface area contributed by atoms with Gasteiger partial charge in [0.15, 0.2) is 11.6 Å². The van der Waals surface area contributed by atoms with Crippen molar-refractivity contribution in [2.24, 2.45) is 14.1 Å². The molecule has 5 heterocycles. The molecule has 1 N–H and O–H groups in total. The molecule has 0 aromatic carbocycles. The molecule has 0 aliphatic rings. The van der Waals surface area contributed by atoms with E-state index >= 15 is 0 Å². The zero-order valence-corrected chi connectivity index (χ0v) is 17.6. The van der Waals surface area contributed by atoms with Crippen LogP contribution in [0.5, 0.6) is 5.75 Å². The van der Waals surface area contributed by atoms with Crippen LogP contribution in [0.4, 0.5) is 11.6 Å². The summed E-state index contributed by atoms with van der Waals surface area (Å²) in [7, 11) is 5.43. The lowest BCUT2D eigenvalue weighted by molar-refractivity contribution is 0.414. The first-order valence-electron chi connectivity index (χ1n) is 9.68. The van der Waals surface area contributed by atoms with E-state index in [0.29, 0.717) is 29.0 Å². The zero-order chi connectivity index (χ0) is 21.5. The predicted octanol–water partition coefficient (Wildman–Crippen LogP) is 2.99. The quantitative estimate of drug-likeness (QED) is 0.471. The minimum atomic E-state index is 0.493. The van der Waals surface area contributed by atoms with Crippen LogP contribution in [0, 0.1) is 6.92 Å². The Bertz CT molecular complexity index is 1400. The lowest BCUT2D eigenvalue weighted by Crippen LogP contribution is -2.06. The van der Waals surface area contributed by atoms with Crippen LogP contribution in [0.25, 0.3) is 28.4 Å². The standard InChI is InChI=1S/C21H21N9O/c1-13-15(16-6-9-29(3)26-16)12-30-18(13)19(24-17-11-14(31-4)5-7-22-17)25-20(27-30)21-23-8-10-28(21)2/h5-12H,1-4H3,(H,22,24,25,27). The van der Waals surface area contributed by atoms with Crippen LogP contribution in [0.1, 0.15) is 5.56 Å². The number of aryl methyl sites for hydroxylation is 3. The molecule has 0 radical (unpaired) electrons. The van der Waals surface area contributed by atoms with Gasteiger partial charge in [0.2, 0.25) is 5.82 Å². The van der Waals surface area contributed by atoms with Gasteiger partial charge in [-0.25, -0.2) is 19.5 Å². The molecule has 156 valence electrons. The van der Waals surface area contributed by atoms with Crippen molar-refractivity contribution in [3.8, 4) is 28.7 Å². The Kier molecular flexibility index (Phi) is 4.39. The molecule has 0 saturated carbocycles. The molecule has 31 heavy (non-hydrogen) atoms. The molecule has 0 spiro atoms. The number of anilines is 2. The lowest BCUT2D eigenvalue weighted by Gasteiger charge is -2.10. The van der Waals surface area contributed by atoms with E-state index < -0.39 is 0 Å². The molecule has 0 saturated heterocycles. The maximum atomic E-state index is 5.32. The van der Waals surface area contributed by atoms with Crippen LogP contribution in [0.15, 0.2) is 49.2 Å². The molecule has 5 aromatic heterocycles. The molecule has 10 heteroatoms. The maximum absolute atomic E-state index is 5.32. The number of hydrogen-bond donors (Lipinski definition) is 1. The molecule has 0 bridgehead atoms. The minimum absolute atomic E-state index is 0.493. The van der Waals surface area contributed by atoms with Crippen LogP contribution < -0.4 is 10.1 Å². The number of rotatable bonds is 5. The number of nitrogens with one attached hydrogen (secondary N) is 1. The van der Waals surface area contributed by atoms with Crippen molar-refractivity contribution in [2.45, 2.75) is 6.92 Å². The van der Waals surface area contributed by atoms with E-state index in [9.17, 15) is 0 Å². The van der Waals surface area contributed by atoms with Gasteiger partial charge in [-0.15, -0.1) is 5.10 Å². The van der Waals surface area contributed by atoms with E-state index in [1.807, 2.05) is 60.8 Å². The first-order valence-corrected chi connectivity index (χ1v) is 9.68. The van der Waals surface area contributed by atoms with Crippen LogP contribution in [-0.4, -0.2) is 46.0 Å². The Morgan fingerprint density at radius 1 is 1.03 bits per heavy atom.